The average Bonchev–Trinajstić information content (AvgIpc) is 3.15. The number of hydrogen-bond acceptors (Lipinski definition) is 4. The third kappa shape index (κ3) is 6.56. The molecular weight excluding hydrogens is 441 g/mol. The molecule has 0 amide bonds. The number of hydrogen-bond donors (Lipinski definition) is 1. The van der Waals surface area contributed by atoms with Gasteiger partial charge in [0.1, 0.15) is 11.6 Å². The molecule has 1 unspecified atom stereocenters. The smallest absolute Gasteiger partial charge is 0.227 e. The van der Waals surface area contributed by atoms with Crippen LogP contribution in [0.5, 0.6) is 11.6 Å². The quantitative estimate of drug-likeness (QED) is 0.293. The molecule has 0 aliphatic rings. The molecule has 4 rings (SSSR count). The lowest BCUT2D eigenvalue weighted by molar-refractivity contribution is 0.108. The summed E-state index contributed by atoms with van der Waals surface area (Å²) in [5.41, 5.74) is 3.72. The van der Waals surface area contributed by atoms with Gasteiger partial charge in [0.05, 0.1) is 23.0 Å². The third-order valence-corrected chi connectivity index (χ3v) is 5.85. The maximum atomic E-state index is 13.9. The fraction of sp³-hybridized carbons (Fsp3) is 0.276. The molecule has 0 spiro atoms. The molecule has 6 heteroatoms. The number of ether oxygens (including phenoxy) is 1. The summed E-state index contributed by atoms with van der Waals surface area (Å²) >= 11 is 0. The monoisotopic (exact) mass is 473 g/mol. The van der Waals surface area contributed by atoms with E-state index in [9.17, 15) is 9.50 Å². The van der Waals surface area contributed by atoms with Crippen molar-refractivity contribution in [1.82, 2.24) is 14.7 Å². The van der Waals surface area contributed by atoms with Crippen molar-refractivity contribution in [3.05, 3.63) is 108 Å². The fourth-order valence-corrected chi connectivity index (χ4v) is 4.24. The van der Waals surface area contributed by atoms with Crippen LogP contribution in [0.25, 0.3) is 5.69 Å². The van der Waals surface area contributed by atoms with Crippen molar-refractivity contribution in [3.63, 3.8) is 0 Å². The van der Waals surface area contributed by atoms with Crippen LogP contribution >= 0.6 is 0 Å². The number of benzene rings is 3. The Hall–Kier alpha value is -3.48. The summed E-state index contributed by atoms with van der Waals surface area (Å²) in [4.78, 5) is 2.23. The third-order valence-electron chi connectivity index (χ3n) is 5.85. The summed E-state index contributed by atoms with van der Waals surface area (Å²) in [5.74, 6) is 0.607. The summed E-state index contributed by atoms with van der Waals surface area (Å²) in [7, 11) is 0. The molecule has 0 bridgehead atoms. The first-order valence-electron chi connectivity index (χ1n) is 12.0. The number of rotatable bonds is 11. The molecule has 1 aromatic heterocycles. The molecule has 5 nitrogen and oxygen atoms in total. The van der Waals surface area contributed by atoms with E-state index in [1.54, 1.807) is 16.8 Å². The number of aliphatic hydroxyl groups is 1. The Morgan fingerprint density at radius 2 is 1.71 bits per heavy atom. The van der Waals surface area contributed by atoms with E-state index < -0.39 is 6.10 Å². The Kier molecular flexibility index (Phi) is 8.29. The van der Waals surface area contributed by atoms with E-state index in [1.807, 2.05) is 67.6 Å². The number of nitrogens with zero attached hydrogens (tertiary/aromatic N) is 3. The summed E-state index contributed by atoms with van der Waals surface area (Å²) in [6.45, 7) is 5.99. The van der Waals surface area contributed by atoms with Gasteiger partial charge in [0.25, 0.3) is 0 Å². The number of halogens is 1. The summed E-state index contributed by atoms with van der Waals surface area (Å²) < 4.78 is 21.9. The van der Waals surface area contributed by atoms with Crippen molar-refractivity contribution in [2.24, 2.45) is 0 Å². The van der Waals surface area contributed by atoms with Gasteiger partial charge in [0.2, 0.25) is 5.88 Å². The molecular formula is C29H32FN3O2. The van der Waals surface area contributed by atoms with Gasteiger partial charge in [0.15, 0.2) is 0 Å². The minimum Gasteiger partial charge on any atom is -0.438 e. The average molecular weight is 474 g/mol. The van der Waals surface area contributed by atoms with Crippen molar-refractivity contribution in [2.45, 2.75) is 39.3 Å². The molecule has 35 heavy (non-hydrogen) atoms. The first kappa shape index (κ1) is 24.6. The van der Waals surface area contributed by atoms with Gasteiger partial charge < -0.3 is 9.84 Å². The van der Waals surface area contributed by atoms with Gasteiger partial charge in [-0.25, -0.2) is 9.07 Å². The Morgan fingerprint density at radius 3 is 2.40 bits per heavy atom. The predicted octanol–water partition coefficient (Wildman–Crippen LogP) is 5.93. The van der Waals surface area contributed by atoms with Crippen molar-refractivity contribution in [1.29, 1.82) is 0 Å². The first-order valence-corrected chi connectivity index (χ1v) is 12.0. The minimum absolute atomic E-state index is 0.358. The zero-order valence-corrected chi connectivity index (χ0v) is 20.3. The van der Waals surface area contributed by atoms with Crippen molar-refractivity contribution >= 4 is 0 Å². The van der Waals surface area contributed by atoms with E-state index in [0.29, 0.717) is 31.1 Å². The van der Waals surface area contributed by atoms with Crippen LogP contribution in [-0.4, -0.2) is 39.0 Å². The lowest BCUT2D eigenvalue weighted by Crippen LogP contribution is -2.34. The normalized spacial score (nSPS) is 12.1. The van der Waals surface area contributed by atoms with E-state index in [2.05, 4.69) is 11.8 Å². The van der Waals surface area contributed by atoms with Gasteiger partial charge in [-0.1, -0.05) is 61.5 Å². The van der Waals surface area contributed by atoms with E-state index in [-0.39, 0.29) is 5.82 Å². The maximum absolute atomic E-state index is 13.9. The van der Waals surface area contributed by atoms with Crippen LogP contribution in [-0.2, 0) is 13.0 Å². The van der Waals surface area contributed by atoms with Crippen LogP contribution in [0.4, 0.5) is 4.39 Å². The molecule has 0 fully saturated rings. The predicted molar refractivity (Wildman–Crippen MR) is 136 cm³/mol. The number of para-hydroxylation sites is 1. The minimum atomic E-state index is -0.499. The van der Waals surface area contributed by atoms with E-state index in [0.717, 1.165) is 35.5 Å². The van der Waals surface area contributed by atoms with Crippen LogP contribution in [0.1, 0.15) is 30.2 Å². The molecule has 0 radical (unpaired) electrons. The Labute approximate surface area is 206 Å². The molecule has 3 aromatic carbocycles. The zero-order chi connectivity index (χ0) is 24.6. The standard InChI is InChI=1S/C29H32FN3O2/c1-3-17-32(20-26(34)18-23-11-6-4-7-12-23)21-28-22(2)31-33(25-14-8-5-9-15-25)29(28)35-27-16-10-13-24(30)19-27/h4-16,19,26,34H,3,17-18,20-21H2,1-2H3. The molecule has 0 aliphatic heterocycles. The summed E-state index contributed by atoms with van der Waals surface area (Å²) in [5, 5.41) is 15.6. The number of aryl methyl sites for hydroxylation is 1. The second kappa shape index (κ2) is 11.8. The van der Waals surface area contributed by atoms with Crippen LogP contribution in [0, 0.1) is 12.7 Å². The van der Waals surface area contributed by atoms with Gasteiger partial charge in [-0.05, 0) is 56.1 Å². The molecule has 182 valence electrons. The molecule has 1 atom stereocenters. The SMILES string of the molecule is CCCN(Cc1c(C)nn(-c2ccccc2)c1Oc1cccc(F)c1)CC(O)Cc1ccccc1. The maximum Gasteiger partial charge on any atom is 0.227 e. The molecule has 0 aliphatic carbocycles. The van der Waals surface area contributed by atoms with Crippen LogP contribution in [0.15, 0.2) is 84.9 Å². The zero-order valence-electron chi connectivity index (χ0n) is 20.3. The van der Waals surface area contributed by atoms with E-state index >= 15 is 0 Å². The number of aromatic nitrogens is 2. The highest BCUT2D eigenvalue weighted by Gasteiger charge is 2.22. The van der Waals surface area contributed by atoms with Gasteiger partial charge in [-0.3, -0.25) is 4.90 Å². The first-order chi connectivity index (χ1) is 17.0. The highest BCUT2D eigenvalue weighted by molar-refractivity contribution is 5.43. The van der Waals surface area contributed by atoms with Gasteiger partial charge in [0, 0.05) is 19.2 Å². The Bertz CT molecular complexity index is 1210. The molecule has 1 heterocycles. The van der Waals surface area contributed by atoms with Crippen LogP contribution in [0.3, 0.4) is 0 Å². The van der Waals surface area contributed by atoms with Crippen molar-refractivity contribution < 1.29 is 14.2 Å². The van der Waals surface area contributed by atoms with E-state index in [1.165, 1.54) is 12.1 Å². The Morgan fingerprint density at radius 1 is 1.00 bits per heavy atom. The summed E-state index contributed by atoms with van der Waals surface area (Å²) in [6, 6.07) is 25.9. The van der Waals surface area contributed by atoms with Crippen LogP contribution < -0.4 is 4.74 Å². The van der Waals surface area contributed by atoms with Gasteiger partial charge >= 0.3 is 0 Å². The largest absolute Gasteiger partial charge is 0.438 e. The van der Waals surface area contributed by atoms with E-state index in [4.69, 9.17) is 9.84 Å². The van der Waals surface area contributed by atoms with Gasteiger partial charge in [-0.15, -0.1) is 0 Å². The fourth-order valence-electron chi connectivity index (χ4n) is 4.24. The second-order valence-corrected chi connectivity index (χ2v) is 8.75. The highest BCUT2D eigenvalue weighted by Crippen LogP contribution is 2.32. The second-order valence-electron chi connectivity index (χ2n) is 8.75. The molecule has 1 N–H and O–H groups in total. The molecule has 0 saturated carbocycles. The van der Waals surface area contributed by atoms with Crippen molar-refractivity contribution in [2.75, 3.05) is 13.1 Å². The molecule has 0 saturated heterocycles. The highest BCUT2D eigenvalue weighted by atomic mass is 19.1. The lowest BCUT2D eigenvalue weighted by atomic mass is 10.1. The van der Waals surface area contributed by atoms with Gasteiger partial charge in [-0.2, -0.15) is 5.10 Å². The Balaban J connectivity index is 1.62. The topological polar surface area (TPSA) is 50.5 Å². The number of aliphatic hydroxyl groups excluding tert-OH is 1. The van der Waals surface area contributed by atoms with Crippen LogP contribution in [0.2, 0.25) is 0 Å². The van der Waals surface area contributed by atoms with Crippen molar-refractivity contribution in [3.8, 4) is 17.3 Å². The summed E-state index contributed by atoms with van der Waals surface area (Å²) in [6.07, 6.45) is 1.04. The lowest BCUT2D eigenvalue weighted by Gasteiger charge is -2.25. The molecule has 4 aromatic rings.